The Balaban J connectivity index is 4.07. The second-order valence-corrected chi connectivity index (χ2v) is 2.84. The number of carbonyl (C=O) groups excluding carboxylic acids is 2. The summed E-state index contributed by atoms with van der Waals surface area (Å²) in [5.74, 6) is -2.60. The van der Waals surface area contributed by atoms with Crippen LogP contribution < -0.4 is 16.8 Å². The van der Waals surface area contributed by atoms with E-state index in [1.807, 2.05) is 0 Å². The molecule has 2 amide bonds. The first kappa shape index (κ1) is 12.4. The Hall–Kier alpha value is -1.63. The molecule has 0 aliphatic carbocycles. The maximum absolute atomic E-state index is 11.1. The number of primary amides is 1. The quantitative estimate of drug-likeness (QED) is 0.401. The molecule has 0 saturated heterocycles. The lowest BCUT2D eigenvalue weighted by Gasteiger charge is -2.13. The van der Waals surface area contributed by atoms with Gasteiger partial charge < -0.3 is 21.9 Å². The lowest BCUT2D eigenvalue weighted by molar-refractivity contribution is -0.139. The van der Waals surface area contributed by atoms with Crippen LogP contribution in [0.2, 0.25) is 0 Å². The van der Waals surface area contributed by atoms with E-state index in [0.29, 0.717) is 0 Å². The number of aliphatic carboxylic acids is 1. The molecule has 0 saturated carbocycles. The average molecular weight is 203 g/mol. The lowest BCUT2D eigenvalue weighted by Crippen LogP contribution is -2.49. The molecule has 14 heavy (non-hydrogen) atoms. The summed E-state index contributed by atoms with van der Waals surface area (Å²) < 4.78 is 0. The van der Waals surface area contributed by atoms with Crippen molar-refractivity contribution in [2.75, 3.05) is 0 Å². The van der Waals surface area contributed by atoms with E-state index < -0.39 is 36.3 Å². The molecule has 0 radical (unpaired) electrons. The van der Waals surface area contributed by atoms with Crippen LogP contribution in [0.5, 0.6) is 0 Å². The van der Waals surface area contributed by atoms with Crippen LogP contribution in [0.25, 0.3) is 0 Å². The summed E-state index contributed by atoms with van der Waals surface area (Å²) in [7, 11) is 0. The highest BCUT2D eigenvalue weighted by atomic mass is 16.4. The van der Waals surface area contributed by atoms with Crippen LogP contribution in [-0.2, 0) is 14.4 Å². The van der Waals surface area contributed by atoms with Crippen LogP contribution >= 0.6 is 0 Å². The Morgan fingerprint density at radius 2 is 1.93 bits per heavy atom. The molecule has 0 fully saturated rings. The normalized spacial score (nSPS) is 14.1. The van der Waals surface area contributed by atoms with Crippen LogP contribution in [0.3, 0.4) is 0 Å². The van der Waals surface area contributed by atoms with Gasteiger partial charge in [0, 0.05) is 0 Å². The molecule has 7 nitrogen and oxygen atoms in total. The van der Waals surface area contributed by atoms with Crippen molar-refractivity contribution < 1.29 is 19.5 Å². The Labute approximate surface area is 80.4 Å². The molecule has 0 heterocycles. The fourth-order valence-corrected chi connectivity index (χ4v) is 0.672. The molecule has 0 aliphatic heterocycles. The number of hydrogen-bond acceptors (Lipinski definition) is 4. The van der Waals surface area contributed by atoms with Crippen LogP contribution in [0, 0.1) is 0 Å². The number of carboxylic acids is 1. The molecule has 7 heteroatoms. The Kier molecular flexibility index (Phi) is 4.57. The highest BCUT2D eigenvalue weighted by molar-refractivity contribution is 5.90. The van der Waals surface area contributed by atoms with Crippen molar-refractivity contribution in [3.8, 4) is 0 Å². The molecule has 0 bridgehead atoms. The third kappa shape index (κ3) is 4.41. The smallest absolute Gasteiger partial charge is 0.305 e. The highest BCUT2D eigenvalue weighted by Gasteiger charge is 2.20. The van der Waals surface area contributed by atoms with Gasteiger partial charge in [-0.25, -0.2) is 0 Å². The summed E-state index contributed by atoms with van der Waals surface area (Å²) >= 11 is 0. The number of amides is 2. The van der Waals surface area contributed by atoms with Gasteiger partial charge in [0.15, 0.2) is 0 Å². The Morgan fingerprint density at radius 1 is 1.43 bits per heavy atom. The van der Waals surface area contributed by atoms with Gasteiger partial charge in [0.1, 0.15) is 6.04 Å². The zero-order valence-electron chi connectivity index (χ0n) is 7.69. The standard InChI is InChI=1S/C7H13N3O4/c1-3(6(9)13)10-7(14)4(8)2-5(11)12/h3-4H,2,8H2,1H3,(H2,9,13)(H,10,14)(H,11,12)/t3-,4?/m1/s1. The molecular formula is C7H13N3O4. The topological polar surface area (TPSA) is 136 Å². The maximum atomic E-state index is 11.1. The summed E-state index contributed by atoms with van der Waals surface area (Å²) in [5, 5.41) is 10.5. The highest BCUT2D eigenvalue weighted by Crippen LogP contribution is 1.90. The largest absolute Gasteiger partial charge is 0.481 e. The summed E-state index contributed by atoms with van der Waals surface area (Å²) in [6.45, 7) is 1.38. The number of nitrogens with one attached hydrogen (secondary N) is 1. The SMILES string of the molecule is C[C@@H](NC(=O)C(N)CC(=O)O)C(N)=O. The van der Waals surface area contributed by atoms with E-state index in [0.717, 1.165) is 0 Å². The fourth-order valence-electron chi connectivity index (χ4n) is 0.672. The number of carboxylic acid groups (broad SMARTS) is 1. The van der Waals surface area contributed by atoms with E-state index in [-0.39, 0.29) is 0 Å². The molecule has 0 spiro atoms. The van der Waals surface area contributed by atoms with Gasteiger partial charge in [0.25, 0.3) is 0 Å². The minimum Gasteiger partial charge on any atom is -0.481 e. The number of nitrogens with two attached hydrogens (primary N) is 2. The van der Waals surface area contributed by atoms with Crippen molar-refractivity contribution in [2.45, 2.75) is 25.4 Å². The predicted octanol–water partition coefficient (Wildman–Crippen LogP) is -2.22. The average Bonchev–Trinajstić information content (AvgIpc) is 2.02. The van der Waals surface area contributed by atoms with Gasteiger partial charge in [-0.1, -0.05) is 0 Å². The molecule has 6 N–H and O–H groups in total. The zero-order valence-corrected chi connectivity index (χ0v) is 7.69. The lowest BCUT2D eigenvalue weighted by atomic mass is 10.2. The molecule has 1 unspecified atom stereocenters. The monoisotopic (exact) mass is 203 g/mol. The molecule has 0 rings (SSSR count). The van der Waals surface area contributed by atoms with E-state index >= 15 is 0 Å². The summed E-state index contributed by atoms with van der Waals surface area (Å²) in [5.41, 5.74) is 10.1. The van der Waals surface area contributed by atoms with Gasteiger partial charge in [-0.15, -0.1) is 0 Å². The minimum atomic E-state index is -1.18. The van der Waals surface area contributed by atoms with E-state index in [2.05, 4.69) is 5.32 Å². The molecule has 80 valence electrons. The number of carbonyl (C=O) groups is 3. The Morgan fingerprint density at radius 3 is 2.29 bits per heavy atom. The van der Waals surface area contributed by atoms with Gasteiger partial charge in [-0.05, 0) is 6.92 Å². The van der Waals surface area contributed by atoms with Crippen molar-refractivity contribution in [3.05, 3.63) is 0 Å². The third-order valence-corrected chi connectivity index (χ3v) is 1.52. The predicted molar refractivity (Wildman–Crippen MR) is 47.0 cm³/mol. The van der Waals surface area contributed by atoms with Crippen molar-refractivity contribution in [1.29, 1.82) is 0 Å². The van der Waals surface area contributed by atoms with E-state index in [9.17, 15) is 14.4 Å². The first-order valence-electron chi connectivity index (χ1n) is 3.91. The second kappa shape index (κ2) is 5.18. The van der Waals surface area contributed by atoms with Crippen molar-refractivity contribution in [1.82, 2.24) is 5.32 Å². The molecule has 0 aromatic rings. The molecular weight excluding hydrogens is 190 g/mol. The van der Waals surface area contributed by atoms with Crippen LogP contribution in [0.4, 0.5) is 0 Å². The third-order valence-electron chi connectivity index (χ3n) is 1.52. The zero-order chi connectivity index (χ0) is 11.3. The van der Waals surface area contributed by atoms with E-state index in [1.54, 1.807) is 0 Å². The van der Waals surface area contributed by atoms with Gasteiger partial charge in [-0.3, -0.25) is 14.4 Å². The Bertz CT molecular complexity index is 253. The van der Waals surface area contributed by atoms with Crippen molar-refractivity contribution >= 4 is 17.8 Å². The fraction of sp³-hybridized carbons (Fsp3) is 0.571. The first-order valence-corrected chi connectivity index (χ1v) is 3.91. The van der Waals surface area contributed by atoms with Crippen LogP contribution in [0.1, 0.15) is 13.3 Å². The first-order chi connectivity index (χ1) is 6.34. The minimum absolute atomic E-state index is 0.489. The second-order valence-electron chi connectivity index (χ2n) is 2.84. The molecule has 0 aromatic heterocycles. The summed E-state index contributed by atoms with van der Waals surface area (Å²) in [6.07, 6.45) is -0.489. The number of hydrogen-bond donors (Lipinski definition) is 4. The molecule has 2 atom stereocenters. The van der Waals surface area contributed by atoms with Gasteiger partial charge in [0.2, 0.25) is 11.8 Å². The summed E-state index contributed by atoms with van der Waals surface area (Å²) in [6, 6.07) is -2.03. The van der Waals surface area contributed by atoms with Gasteiger partial charge >= 0.3 is 5.97 Å². The molecule has 0 aromatic carbocycles. The van der Waals surface area contributed by atoms with Crippen LogP contribution in [0.15, 0.2) is 0 Å². The van der Waals surface area contributed by atoms with E-state index in [4.69, 9.17) is 16.6 Å². The van der Waals surface area contributed by atoms with Crippen molar-refractivity contribution in [3.63, 3.8) is 0 Å². The van der Waals surface area contributed by atoms with Crippen molar-refractivity contribution in [2.24, 2.45) is 11.5 Å². The van der Waals surface area contributed by atoms with Gasteiger partial charge in [-0.2, -0.15) is 0 Å². The summed E-state index contributed by atoms with van der Waals surface area (Å²) in [4.78, 5) is 31.8. The maximum Gasteiger partial charge on any atom is 0.305 e. The van der Waals surface area contributed by atoms with E-state index in [1.165, 1.54) is 6.92 Å². The molecule has 0 aliphatic rings. The number of rotatable bonds is 5. The van der Waals surface area contributed by atoms with Gasteiger partial charge in [0.05, 0.1) is 12.5 Å². The van der Waals surface area contributed by atoms with Crippen LogP contribution in [-0.4, -0.2) is 35.0 Å².